The molecule has 1 aliphatic heterocycles. The molecule has 16 heavy (non-hydrogen) atoms. The van der Waals surface area contributed by atoms with Gasteiger partial charge in [0, 0.05) is 6.42 Å². The van der Waals surface area contributed by atoms with Crippen LogP contribution in [0.5, 0.6) is 0 Å². The third kappa shape index (κ3) is 2.46. The van der Waals surface area contributed by atoms with Crippen LogP contribution in [0.1, 0.15) is 25.3 Å². The molecule has 1 fully saturated rings. The van der Waals surface area contributed by atoms with Crippen molar-refractivity contribution in [3.8, 4) is 0 Å². The summed E-state index contributed by atoms with van der Waals surface area (Å²) in [6, 6.07) is 6.31. The molecule has 1 aromatic carbocycles. The van der Waals surface area contributed by atoms with E-state index in [1.807, 2.05) is 13.0 Å². The Labute approximate surface area is 99.4 Å². The minimum Gasteiger partial charge on any atom is -0.298 e. The number of carbonyl (C=O) groups is 1. The summed E-state index contributed by atoms with van der Waals surface area (Å²) >= 11 is 1.73. The fourth-order valence-electron chi connectivity index (χ4n) is 2.02. The van der Waals surface area contributed by atoms with Gasteiger partial charge in [-0.2, -0.15) is 0 Å². The van der Waals surface area contributed by atoms with Crippen LogP contribution in [0, 0.1) is 5.82 Å². The lowest BCUT2D eigenvalue weighted by atomic mass is 9.95. The van der Waals surface area contributed by atoms with Gasteiger partial charge >= 0.3 is 0 Å². The predicted molar refractivity (Wildman–Crippen MR) is 65.2 cm³/mol. The molecule has 1 atom stereocenters. The summed E-state index contributed by atoms with van der Waals surface area (Å²) in [5.74, 6) is 1.01. The lowest BCUT2D eigenvalue weighted by Gasteiger charge is -2.20. The average Bonchev–Trinajstić information content (AvgIpc) is 2.66. The van der Waals surface area contributed by atoms with Gasteiger partial charge in [-0.25, -0.2) is 4.39 Å². The monoisotopic (exact) mass is 238 g/mol. The number of carbonyl (C=O) groups excluding carboxylic acids is 1. The molecule has 0 bridgehead atoms. The van der Waals surface area contributed by atoms with Crippen molar-refractivity contribution in [1.29, 1.82) is 0 Å². The van der Waals surface area contributed by atoms with Crippen LogP contribution in [0.3, 0.4) is 0 Å². The number of Topliss-reactive ketones (excluding diaryl/α,β-unsaturated/α-hetero) is 1. The quantitative estimate of drug-likeness (QED) is 0.804. The largest absolute Gasteiger partial charge is 0.298 e. The topological polar surface area (TPSA) is 17.1 Å². The van der Waals surface area contributed by atoms with Gasteiger partial charge in [-0.1, -0.05) is 12.1 Å². The van der Waals surface area contributed by atoms with Crippen LogP contribution in [0.4, 0.5) is 4.39 Å². The summed E-state index contributed by atoms with van der Waals surface area (Å²) < 4.78 is 12.7. The van der Waals surface area contributed by atoms with Crippen LogP contribution in [-0.4, -0.2) is 16.3 Å². The van der Waals surface area contributed by atoms with Gasteiger partial charge in [-0.3, -0.25) is 4.79 Å². The third-order valence-electron chi connectivity index (χ3n) is 3.06. The molecule has 0 aliphatic carbocycles. The predicted octanol–water partition coefficient (Wildman–Crippen LogP) is 3.22. The number of rotatable bonds is 3. The highest BCUT2D eigenvalue weighted by molar-refractivity contribution is 8.01. The van der Waals surface area contributed by atoms with Crippen molar-refractivity contribution >= 4 is 17.5 Å². The van der Waals surface area contributed by atoms with E-state index in [0.29, 0.717) is 6.42 Å². The summed E-state index contributed by atoms with van der Waals surface area (Å²) in [5.41, 5.74) is 0.777. The molecule has 86 valence electrons. The van der Waals surface area contributed by atoms with E-state index in [2.05, 4.69) is 0 Å². The molecule has 0 amide bonds. The summed E-state index contributed by atoms with van der Waals surface area (Å²) in [4.78, 5) is 12.1. The second kappa shape index (κ2) is 4.58. The van der Waals surface area contributed by atoms with Gasteiger partial charge in [0.25, 0.3) is 0 Å². The fraction of sp³-hybridized carbons (Fsp3) is 0.462. The van der Waals surface area contributed by atoms with Gasteiger partial charge in [0.1, 0.15) is 5.82 Å². The Balaban J connectivity index is 2.07. The number of thioether (sulfide) groups is 1. The van der Waals surface area contributed by atoms with Crippen molar-refractivity contribution in [2.75, 3.05) is 5.75 Å². The molecule has 0 N–H and O–H groups in total. The first kappa shape index (κ1) is 11.6. The van der Waals surface area contributed by atoms with E-state index in [1.54, 1.807) is 17.8 Å². The summed E-state index contributed by atoms with van der Waals surface area (Å²) in [5, 5.41) is 0. The molecule has 1 heterocycles. The molecule has 1 aromatic rings. The van der Waals surface area contributed by atoms with Crippen LogP contribution < -0.4 is 0 Å². The zero-order valence-corrected chi connectivity index (χ0v) is 10.1. The van der Waals surface area contributed by atoms with Gasteiger partial charge in [0.2, 0.25) is 0 Å². The maximum Gasteiger partial charge on any atom is 0.152 e. The minimum atomic E-state index is -0.269. The standard InChI is InChI=1S/C13H15FOS/c1-13(6-3-7-16-13)12(15)9-10-4-2-5-11(14)8-10/h2,4-5,8H,3,6-7,9H2,1H3. The Kier molecular flexibility index (Phi) is 3.33. The van der Waals surface area contributed by atoms with Crippen LogP contribution in [0.15, 0.2) is 24.3 Å². The number of halogens is 1. The summed E-state index contributed by atoms with van der Waals surface area (Å²) in [6.45, 7) is 2.01. The zero-order valence-electron chi connectivity index (χ0n) is 9.33. The number of benzene rings is 1. The first-order valence-corrected chi connectivity index (χ1v) is 6.50. The van der Waals surface area contributed by atoms with Gasteiger partial charge in [0.05, 0.1) is 4.75 Å². The Bertz CT molecular complexity index is 397. The molecule has 0 spiro atoms. The molecule has 0 saturated carbocycles. The lowest BCUT2D eigenvalue weighted by molar-refractivity contribution is -0.120. The fourth-order valence-corrected chi connectivity index (χ4v) is 3.28. The van der Waals surface area contributed by atoms with E-state index in [9.17, 15) is 9.18 Å². The maximum atomic E-state index is 13.0. The second-order valence-electron chi connectivity index (χ2n) is 4.41. The van der Waals surface area contributed by atoms with Crippen LogP contribution in [-0.2, 0) is 11.2 Å². The molecule has 1 aliphatic rings. The van der Waals surface area contributed by atoms with Crippen molar-refractivity contribution in [2.24, 2.45) is 0 Å². The molecule has 1 saturated heterocycles. The molecular weight excluding hydrogens is 223 g/mol. The molecular formula is C13H15FOS. The SMILES string of the molecule is CC1(C(=O)Cc2cccc(F)c2)CCCS1. The van der Waals surface area contributed by atoms with Gasteiger partial charge < -0.3 is 0 Å². The van der Waals surface area contributed by atoms with Crippen LogP contribution >= 0.6 is 11.8 Å². The summed E-state index contributed by atoms with van der Waals surface area (Å²) in [7, 11) is 0. The van der Waals surface area contributed by atoms with Crippen molar-refractivity contribution in [3.63, 3.8) is 0 Å². The Morgan fingerprint density at radius 3 is 3.00 bits per heavy atom. The first-order valence-electron chi connectivity index (χ1n) is 5.52. The molecule has 3 heteroatoms. The molecule has 1 unspecified atom stereocenters. The second-order valence-corrected chi connectivity index (χ2v) is 6.01. The molecule has 0 aromatic heterocycles. The Morgan fingerprint density at radius 2 is 2.38 bits per heavy atom. The van der Waals surface area contributed by atoms with E-state index in [-0.39, 0.29) is 16.3 Å². The van der Waals surface area contributed by atoms with E-state index < -0.39 is 0 Å². The lowest BCUT2D eigenvalue weighted by Crippen LogP contribution is -2.30. The van der Waals surface area contributed by atoms with Crippen molar-refractivity contribution in [1.82, 2.24) is 0 Å². The van der Waals surface area contributed by atoms with Gasteiger partial charge in [-0.15, -0.1) is 11.8 Å². The maximum absolute atomic E-state index is 13.0. The van der Waals surface area contributed by atoms with Gasteiger partial charge in [0.15, 0.2) is 5.78 Å². The molecule has 2 rings (SSSR count). The van der Waals surface area contributed by atoms with E-state index in [0.717, 1.165) is 24.2 Å². The summed E-state index contributed by atoms with van der Waals surface area (Å²) in [6.07, 6.45) is 2.41. The molecule has 1 nitrogen and oxygen atoms in total. The van der Waals surface area contributed by atoms with E-state index in [4.69, 9.17) is 0 Å². The highest BCUT2D eigenvalue weighted by Crippen LogP contribution is 2.39. The highest BCUT2D eigenvalue weighted by atomic mass is 32.2. The number of ketones is 1. The van der Waals surface area contributed by atoms with Crippen molar-refractivity contribution in [3.05, 3.63) is 35.6 Å². The van der Waals surface area contributed by atoms with Crippen molar-refractivity contribution < 1.29 is 9.18 Å². The van der Waals surface area contributed by atoms with E-state index >= 15 is 0 Å². The molecule has 0 radical (unpaired) electrons. The minimum absolute atomic E-state index is 0.223. The number of hydrogen-bond acceptors (Lipinski definition) is 2. The smallest absolute Gasteiger partial charge is 0.152 e. The van der Waals surface area contributed by atoms with E-state index in [1.165, 1.54) is 12.1 Å². The zero-order chi connectivity index (χ0) is 11.6. The van der Waals surface area contributed by atoms with Crippen LogP contribution in [0.25, 0.3) is 0 Å². The first-order chi connectivity index (χ1) is 7.60. The Hall–Kier alpha value is -0.830. The third-order valence-corrected chi connectivity index (χ3v) is 4.62. The van der Waals surface area contributed by atoms with Crippen molar-refractivity contribution in [2.45, 2.75) is 30.9 Å². The highest BCUT2D eigenvalue weighted by Gasteiger charge is 2.36. The normalized spacial score (nSPS) is 24.6. The Morgan fingerprint density at radius 1 is 1.56 bits per heavy atom. The average molecular weight is 238 g/mol. The van der Waals surface area contributed by atoms with Crippen LogP contribution in [0.2, 0.25) is 0 Å². The number of hydrogen-bond donors (Lipinski definition) is 0. The van der Waals surface area contributed by atoms with Gasteiger partial charge in [-0.05, 0) is 43.2 Å².